The molecule has 0 saturated heterocycles. The number of unbranched alkanes of at least 4 members (excludes halogenated alkanes) is 6. The summed E-state index contributed by atoms with van der Waals surface area (Å²) in [4.78, 5) is 0. The van der Waals surface area contributed by atoms with Crippen molar-refractivity contribution in [3.63, 3.8) is 0 Å². The van der Waals surface area contributed by atoms with Gasteiger partial charge in [-0.15, -0.1) is 0 Å². The van der Waals surface area contributed by atoms with E-state index in [0.29, 0.717) is 0 Å². The fourth-order valence-electron chi connectivity index (χ4n) is 1.79. The molecule has 0 bridgehead atoms. The minimum atomic E-state index is 0.936. The van der Waals surface area contributed by atoms with Gasteiger partial charge in [0.05, 0.1) is 0 Å². The Balaban J connectivity index is 2.94. The zero-order valence-electron chi connectivity index (χ0n) is 12.0. The molecular formula is C15H29LiO. The van der Waals surface area contributed by atoms with Crippen LogP contribution in [0.1, 0.15) is 64.7 Å². The van der Waals surface area contributed by atoms with Gasteiger partial charge < -0.3 is 0 Å². The Hall–Kier alpha value is 0.297. The van der Waals surface area contributed by atoms with Crippen LogP contribution < -0.4 is 0 Å². The summed E-state index contributed by atoms with van der Waals surface area (Å²) in [5, 5.41) is 1.25. The molecule has 2 heteroatoms. The van der Waals surface area contributed by atoms with Crippen LogP contribution in [0, 0.1) is 0 Å². The minimum absolute atomic E-state index is 0.936. The summed E-state index contributed by atoms with van der Waals surface area (Å²) in [6.07, 6.45) is 16.3. The standard InChI is InChI=1S/C15H29O.Li/c1-3-5-7-9-11-13-15-16-14-12-10-8-6-4-2;/h6,8H,2-5,7,9-15H2,1H3;. The predicted molar refractivity (Wildman–Crippen MR) is 77.7 cm³/mol. The van der Waals surface area contributed by atoms with Crippen molar-refractivity contribution in [2.24, 2.45) is 0 Å². The third kappa shape index (κ3) is 16.3. The molecule has 0 amide bonds. The molecule has 0 spiro atoms. The first-order valence-corrected chi connectivity index (χ1v) is 7.64. The van der Waals surface area contributed by atoms with E-state index in [2.05, 4.69) is 36.8 Å². The van der Waals surface area contributed by atoms with Crippen molar-refractivity contribution >= 4 is 17.7 Å². The number of ether oxygens (including phenoxy) is 1. The third-order valence-electron chi connectivity index (χ3n) is 2.92. The van der Waals surface area contributed by atoms with Gasteiger partial charge in [-0.05, 0) is 0 Å². The molecule has 1 nitrogen and oxygen atoms in total. The van der Waals surface area contributed by atoms with Gasteiger partial charge in [0.1, 0.15) is 0 Å². The van der Waals surface area contributed by atoms with Gasteiger partial charge in [-0.3, -0.25) is 0 Å². The first-order valence-electron chi connectivity index (χ1n) is 7.64. The number of rotatable bonds is 13. The molecule has 0 aromatic carbocycles. The molecule has 0 aliphatic rings. The van der Waals surface area contributed by atoms with Gasteiger partial charge in [-0.2, -0.15) is 0 Å². The van der Waals surface area contributed by atoms with Crippen molar-refractivity contribution in [2.75, 3.05) is 13.2 Å². The van der Waals surface area contributed by atoms with Crippen molar-refractivity contribution in [1.29, 1.82) is 0 Å². The van der Waals surface area contributed by atoms with E-state index in [0.717, 1.165) is 13.2 Å². The second-order valence-corrected chi connectivity index (χ2v) is 4.78. The van der Waals surface area contributed by atoms with Crippen LogP contribution in [0.5, 0.6) is 0 Å². The van der Waals surface area contributed by atoms with E-state index in [-0.39, 0.29) is 0 Å². The van der Waals surface area contributed by atoms with E-state index in [9.17, 15) is 0 Å². The summed E-state index contributed by atoms with van der Waals surface area (Å²) in [5.41, 5.74) is 0. The van der Waals surface area contributed by atoms with Gasteiger partial charge in [0.2, 0.25) is 0 Å². The van der Waals surface area contributed by atoms with Crippen LogP contribution >= 0.6 is 0 Å². The van der Waals surface area contributed by atoms with Crippen LogP contribution in [0.3, 0.4) is 0 Å². The van der Waals surface area contributed by atoms with Crippen molar-refractivity contribution in [3.8, 4) is 0 Å². The van der Waals surface area contributed by atoms with Crippen molar-refractivity contribution in [3.05, 3.63) is 12.2 Å². The molecule has 0 unspecified atom stereocenters. The zero-order chi connectivity index (χ0) is 12.6. The van der Waals surface area contributed by atoms with Gasteiger partial charge >= 0.3 is 91.4 Å². The summed E-state index contributed by atoms with van der Waals surface area (Å²) >= 11 is 2.22. The van der Waals surface area contributed by atoms with Crippen LogP contribution in [-0.4, -0.2) is 30.9 Å². The summed E-state index contributed by atoms with van der Waals surface area (Å²) in [7, 11) is 0. The average molecular weight is 232 g/mol. The van der Waals surface area contributed by atoms with Crippen molar-refractivity contribution in [2.45, 2.75) is 69.8 Å². The van der Waals surface area contributed by atoms with Crippen LogP contribution in [0.4, 0.5) is 0 Å². The maximum atomic E-state index is 5.61. The molecule has 0 fully saturated rings. The maximum absolute atomic E-state index is 5.61. The number of allylic oxidation sites excluding steroid dienone is 2. The molecule has 96 valence electrons. The Morgan fingerprint density at radius 3 is 2.24 bits per heavy atom. The number of hydrogen-bond acceptors (Lipinski definition) is 1. The first-order chi connectivity index (χ1) is 8.41. The quantitative estimate of drug-likeness (QED) is 0.254. The Morgan fingerprint density at radius 1 is 0.824 bits per heavy atom. The fourth-order valence-corrected chi connectivity index (χ4v) is 1.79. The number of hydrogen-bond donors (Lipinski definition) is 0. The van der Waals surface area contributed by atoms with Gasteiger partial charge in [0.15, 0.2) is 0 Å². The van der Waals surface area contributed by atoms with E-state index in [4.69, 9.17) is 4.74 Å². The molecule has 0 saturated carbocycles. The fraction of sp³-hybridized carbons (Fsp3) is 0.867. The summed E-state index contributed by atoms with van der Waals surface area (Å²) in [6.45, 7) is 4.16. The van der Waals surface area contributed by atoms with Gasteiger partial charge in [0, 0.05) is 0 Å². The Morgan fingerprint density at radius 2 is 1.47 bits per heavy atom. The van der Waals surface area contributed by atoms with E-state index in [1.807, 2.05) is 0 Å². The Labute approximate surface area is 118 Å². The zero-order valence-corrected chi connectivity index (χ0v) is 12.0. The second kappa shape index (κ2) is 16.3. The second-order valence-electron chi connectivity index (χ2n) is 4.78. The molecule has 0 rings (SSSR count). The van der Waals surface area contributed by atoms with Crippen LogP contribution in [0.2, 0.25) is 5.09 Å². The third-order valence-corrected chi connectivity index (χ3v) is 2.92. The minimum Gasteiger partial charge on any atom is -0.0654 e. The summed E-state index contributed by atoms with van der Waals surface area (Å²) < 4.78 is 5.61. The van der Waals surface area contributed by atoms with Crippen LogP contribution in [0.25, 0.3) is 0 Å². The molecular weight excluding hydrogens is 203 g/mol. The van der Waals surface area contributed by atoms with Gasteiger partial charge in [-0.1, -0.05) is 26.2 Å². The molecule has 0 aliphatic carbocycles. The van der Waals surface area contributed by atoms with Gasteiger partial charge in [0.25, 0.3) is 0 Å². The summed E-state index contributed by atoms with van der Waals surface area (Å²) in [6, 6.07) is 0. The van der Waals surface area contributed by atoms with E-state index in [1.165, 1.54) is 62.9 Å². The molecule has 0 aliphatic heterocycles. The van der Waals surface area contributed by atoms with Crippen molar-refractivity contribution < 1.29 is 4.74 Å². The molecule has 0 N–H and O–H groups in total. The monoisotopic (exact) mass is 232 g/mol. The molecule has 0 aromatic rings. The van der Waals surface area contributed by atoms with Crippen LogP contribution in [-0.2, 0) is 4.74 Å². The predicted octanol–water partition coefficient (Wildman–Crippen LogP) is 4.68. The topological polar surface area (TPSA) is 9.23 Å². The summed E-state index contributed by atoms with van der Waals surface area (Å²) in [5.74, 6) is 0. The normalized spacial score (nSPS) is 11.5. The molecule has 17 heavy (non-hydrogen) atoms. The molecule has 0 radical (unpaired) electrons. The average Bonchev–Trinajstić information content (AvgIpc) is 2.35. The van der Waals surface area contributed by atoms with E-state index in [1.54, 1.807) is 0 Å². The van der Waals surface area contributed by atoms with Crippen molar-refractivity contribution in [1.82, 2.24) is 0 Å². The molecule has 0 aromatic heterocycles. The molecule has 0 heterocycles. The Kier molecular flexibility index (Phi) is 16.6. The SMILES string of the molecule is [Li][CH2]CC=CCCCOCCCCCCCC. The van der Waals surface area contributed by atoms with E-state index >= 15 is 0 Å². The Bertz CT molecular complexity index is 157. The van der Waals surface area contributed by atoms with Gasteiger partial charge in [-0.25, -0.2) is 0 Å². The van der Waals surface area contributed by atoms with E-state index < -0.39 is 0 Å². The smallest absolute Gasteiger partial charge is 0.0654 e. The first kappa shape index (κ1) is 17.3. The molecule has 0 atom stereocenters. The van der Waals surface area contributed by atoms with Crippen LogP contribution in [0.15, 0.2) is 12.2 Å².